The van der Waals surface area contributed by atoms with Gasteiger partial charge in [-0.15, -0.1) is 0 Å². The lowest BCUT2D eigenvalue weighted by atomic mass is 9.95. The van der Waals surface area contributed by atoms with E-state index in [1.54, 1.807) is 43.3 Å². The zero-order valence-corrected chi connectivity index (χ0v) is 32.0. The number of alkyl carbamates (subject to hydrolysis) is 2. The molecular formula is C45H47N5O7. The number of nitrogens with one attached hydrogen (secondary N) is 2. The van der Waals surface area contributed by atoms with Crippen LogP contribution in [0, 0.1) is 6.92 Å². The number of guanidine groups is 1. The van der Waals surface area contributed by atoms with Gasteiger partial charge in [-0.1, -0.05) is 127 Å². The Morgan fingerprint density at radius 3 is 1.84 bits per heavy atom. The van der Waals surface area contributed by atoms with Gasteiger partial charge in [-0.25, -0.2) is 9.59 Å². The molecule has 0 heterocycles. The topological polar surface area (TPSA) is 173 Å². The summed E-state index contributed by atoms with van der Waals surface area (Å²) >= 11 is 0. The molecule has 5 aromatic carbocycles. The van der Waals surface area contributed by atoms with Crippen LogP contribution >= 0.6 is 0 Å². The SMILES string of the molecule is Cc1ccc(-c2ccccc2CC(=O)N([C@H](CCCN=C(NC(=O)OCc2ccccc2)NC(=O)OCc2ccccc2)C(N)=O)[C@H](C)c2ccc(O)cc2)cc1. The van der Waals surface area contributed by atoms with E-state index in [0.717, 1.165) is 33.4 Å². The van der Waals surface area contributed by atoms with Crippen LogP contribution in [0.15, 0.2) is 138 Å². The molecule has 4 amide bonds. The van der Waals surface area contributed by atoms with E-state index in [1.165, 1.54) is 17.0 Å². The van der Waals surface area contributed by atoms with E-state index in [4.69, 9.17) is 15.2 Å². The fourth-order valence-electron chi connectivity index (χ4n) is 6.23. The summed E-state index contributed by atoms with van der Waals surface area (Å²) in [6.45, 7) is 3.79. The van der Waals surface area contributed by atoms with Crippen molar-refractivity contribution in [1.29, 1.82) is 0 Å². The minimum atomic E-state index is -1.06. The van der Waals surface area contributed by atoms with Crippen molar-refractivity contribution < 1.29 is 33.8 Å². The zero-order chi connectivity index (χ0) is 40.6. The summed E-state index contributed by atoms with van der Waals surface area (Å²) in [5, 5.41) is 14.9. The van der Waals surface area contributed by atoms with Crippen LogP contribution in [0.4, 0.5) is 9.59 Å². The normalized spacial score (nSPS) is 11.7. The van der Waals surface area contributed by atoms with Crippen LogP contribution in [-0.4, -0.2) is 52.6 Å². The smallest absolute Gasteiger partial charge is 0.414 e. The first-order valence-electron chi connectivity index (χ1n) is 18.6. The summed E-state index contributed by atoms with van der Waals surface area (Å²) in [6, 6.07) is 38.6. The highest BCUT2D eigenvalue weighted by molar-refractivity contribution is 6.01. The number of aryl methyl sites for hydroxylation is 1. The summed E-state index contributed by atoms with van der Waals surface area (Å²) in [4.78, 5) is 59.0. The van der Waals surface area contributed by atoms with Gasteiger partial charge in [-0.05, 0) is 72.2 Å². The Kier molecular flexibility index (Phi) is 14.9. The number of aliphatic imine (C=N–C) groups is 1. The lowest BCUT2D eigenvalue weighted by Gasteiger charge is -2.35. The molecular weight excluding hydrogens is 723 g/mol. The van der Waals surface area contributed by atoms with Crippen molar-refractivity contribution in [2.75, 3.05) is 6.54 Å². The van der Waals surface area contributed by atoms with Crippen LogP contribution in [0.25, 0.3) is 11.1 Å². The van der Waals surface area contributed by atoms with Gasteiger partial charge in [0.05, 0.1) is 12.5 Å². The third-order valence-electron chi connectivity index (χ3n) is 9.24. The predicted octanol–water partition coefficient (Wildman–Crippen LogP) is 7.34. The van der Waals surface area contributed by atoms with E-state index < -0.39 is 30.2 Å². The van der Waals surface area contributed by atoms with Crippen LogP contribution in [0.3, 0.4) is 0 Å². The minimum absolute atomic E-state index is 0.0113. The van der Waals surface area contributed by atoms with E-state index in [9.17, 15) is 24.3 Å². The highest BCUT2D eigenvalue weighted by Crippen LogP contribution is 2.30. The van der Waals surface area contributed by atoms with Gasteiger partial charge in [0.25, 0.3) is 0 Å². The highest BCUT2D eigenvalue weighted by atomic mass is 16.6. The molecule has 5 rings (SSSR count). The molecule has 0 aromatic heterocycles. The van der Waals surface area contributed by atoms with E-state index in [2.05, 4.69) is 15.6 Å². The Bertz CT molecular complexity index is 2070. The molecule has 0 aliphatic rings. The van der Waals surface area contributed by atoms with Crippen molar-refractivity contribution in [3.05, 3.63) is 161 Å². The summed E-state index contributed by atoms with van der Waals surface area (Å²) in [6.07, 6.45) is -1.40. The van der Waals surface area contributed by atoms with Crippen LogP contribution in [0.2, 0.25) is 0 Å². The van der Waals surface area contributed by atoms with Crippen LogP contribution < -0.4 is 16.4 Å². The first kappa shape index (κ1) is 41.2. The number of rotatable bonds is 15. The van der Waals surface area contributed by atoms with E-state index >= 15 is 0 Å². The minimum Gasteiger partial charge on any atom is -0.508 e. The van der Waals surface area contributed by atoms with Crippen molar-refractivity contribution in [1.82, 2.24) is 15.5 Å². The van der Waals surface area contributed by atoms with E-state index in [0.29, 0.717) is 5.56 Å². The summed E-state index contributed by atoms with van der Waals surface area (Å²) in [5.74, 6) is -1.20. The second kappa shape index (κ2) is 20.7. The third kappa shape index (κ3) is 12.5. The Morgan fingerprint density at radius 1 is 0.737 bits per heavy atom. The first-order chi connectivity index (χ1) is 27.6. The largest absolute Gasteiger partial charge is 0.508 e. The van der Waals surface area contributed by atoms with E-state index in [-0.39, 0.29) is 56.6 Å². The van der Waals surface area contributed by atoms with Gasteiger partial charge in [0.1, 0.15) is 25.0 Å². The van der Waals surface area contributed by atoms with Crippen molar-refractivity contribution in [2.45, 2.75) is 58.4 Å². The van der Waals surface area contributed by atoms with Crippen LogP contribution in [-0.2, 0) is 38.7 Å². The Labute approximate surface area is 332 Å². The van der Waals surface area contributed by atoms with Crippen molar-refractivity contribution >= 4 is 30.0 Å². The maximum Gasteiger partial charge on any atom is 0.414 e. The number of hydrogen-bond acceptors (Lipinski definition) is 8. The number of primary amides is 1. The number of hydrogen-bond donors (Lipinski definition) is 4. The number of carbonyl (C=O) groups excluding carboxylic acids is 4. The molecule has 0 bridgehead atoms. The number of nitrogens with two attached hydrogens (primary N) is 1. The molecule has 2 atom stereocenters. The predicted molar refractivity (Wildman–Crippen MR) is 218 cm³/mol. The molecule has 0 aliphatic carbocycles. The lowest BCUT2D eigenvalue weighted by molar-refractivity contribution is -0.141. The van der Waals surface area contributed by atoms with Gasteiger partial charge in [0.15, 0.2) is 0 Å². The van der Waals surface area contributed by atoms with Crippen molar-refractivity contribution in [2.24, 2.45) is 10.7 Å². The van der Waals surface area contributed by atoms with Gasteiger partial charge in [0.2, 0.25) is 17.8 Å². The fourth-order valence-corrected chi connectivity index (χ4v) is 6.23. The summed E-state index contributed by atoms with van der Waals surface area (Å²) < 4.78 is 10.7. The number of phenolic OH excluding ortho intramolecular Hbond substituents is 1. The maximum atomic E-state index is 14.4. The molecule has 12 nitrogen and oxygen atoms in total. The molecule has 0 unspecified atom stereocenters. The van der Waals surface area contributed by atoms with Gasteiger partial charge >= 0.3 is 12.2 Å². The van der Waals surface area contributed by atoms with Gasteiger partial charge in [-0.2, -0.15) is 0 Å². The average Bonchev–Trinajstić information content (AvgIpc) is 3.21. The molecule has 0 fully saturated rings. The van der Waals surface area contributed by atoms with E-state index in [1.807, 2.05) is 91.9 Å². The molecule has 294 valence electrons. The molecule has 5 N–H and O–H groups in total. The molecule has 0 aliphatic heterocycles. The van der Waals surface area contributed by atoms with Crippen molar-refractivity contribution in [3.63, 3.8) is 0 Å². The molecule has 57 heavy (non-hydrogen) atoms. The second-order valence-corrected chi connectivity index (χ2v) is 13.4. The molecule has 5 aromatic rings. The molecule has 0 spiro atoms. The van der Waals surface area contributed by atoms with Gasteiger partial charge < -0.3 is 25.2 Å². The second-order valence-electron chi connectivity index (χ2n) is 13.4. The Hall–Kier alpha value is -6.95. The number of amides is 4. The maximum absolute atomic E-state index is 14.4. The monoisotopic (exact) mass is 769 g/mol. The van der Waals surface area contributed by atoms with Crippen molar-refractivity contribution in [3.8, 4) is 16.9 Å². The number of ether oxygens (including phenoxy) is 2. The summed E-state index contributed by atoms with van der Waals surface area (Å²) in [7, 11) is 0. The van der Waals surface area contributed by atoms with Crippen LogP contribution in [0.1, 0.15) is 53.6 Å². The fraction of sp³-hybridized carbons (Fsp3) is 0.222. The third-order valence-corrected chi connectivity index (χ3v) is 9.24. The first-order valence-corrected chi connectivity index (χ1v) is 18.6. The standard InChI is InChI=1S/C45H47N5O7/c1-31-19-21-36(22-20-31)39-17-10-9-16-37(39)28-41(52)50(32(2)35-23-25-38(51)26-24-35)40(42(46)53)18-11-27-47-43(48-44(54)56-29-33-12-5-3-6-13-33)49-45(55)57-30-34-14-7-4-8-15-34/h3-10,12-17,19-26,32,40,51H,11,18,27-30H2,1-2H3,(H2,46,53)(H2,47,48,49,54,55)/t32-,40-/m1/s1. The number of aromatic hydroxyl groups is 1. The number of benzene rings is 5. The Morgan fingerprint density at radius 2 is 1.28 bits per heavy atom. The summed E-state index contributed by atoms with van der Waals surface area (Å²) in [5.41, 5.74) is 12.0. The molecule has 12 heteroatoms. The Balaban J connectivity index is 1.33. The number of nitrogens with zero attached hydrogens (tertiary/aromatic N) is 2. The number of carbonyl (C=O) groups is 4. The molecule has 0 saturated heterocycles. The zero-order valence-electron chi connectivity index (χ0n) is 32.0. The quantitative estimate of drug-likeness (QED) is 0.0490. The van der Waals surface area contributed by atoms with Gasteiger partial charge in [-0.3, -0.25) is 25.2 Å². The molecule has 0 radical (unpaired) electrons. The average molecular weight is 770 g/mol. The lowest BCUT2D eigenvalue weighted by Crippen LogP contribution is -2.49. The van der Waals surface area contributed by atoms with Gasteiger partial charge in [0, 0.05) is 6.54 Å². The molecule has 0 saturated carbocycles. The van der Waals surface area contributed by atoms with Crippen LogP contribution in [0.5, 0.6) is 5.75 Å². The number of phenols is 1. The highest BCUT2D eigenvalue weighted by Gasteiger charge is 2.33.